The number of unbranched alkanes of at least 4 members (excludes halogenated alkanes) is 2. The summed E-state index contributed by atoms with van der Waals surface area (Å²) in [6, 6.07) is 0. The first kappa shape index (κ1) is 21.1. The van der Waals surface area contributed by atoms with Gasteiger partial charge in [-0.3, -0.25) is 9.35 Å². The molecule has 0 saturated carbocycles. The molecule has 0 aromatic heterocycles. The van der Waals surface area contributed by atoms with E-state index in [9.17, 15) is 13.2 Å². The summed E-state index contributed by atoms with van der Waals surface area (Å²) >= 11 is 0. The number of carbonyl (C=O) groups excluding carboxylic acids is 1. The van der Waals surface area contributed by atoms with Gasteiger partial charge in [-0.1, -0.05) is 53.0 Å². The Labute approximate surface area is 135 Å². The molecule has 0 aliphatic heterocycles. The Kier molecular flexibility index (Phi) is 8.93. The molecule has 0 rings (SSSR count). The van der Waals surface area contributed by atoms with E-state index in [2.05, 4.69) is 32.7 Å². The Balaban J connectivity index is 4.88. The van der Waals surface area contributed by atoms with E-state index in [4.69, 9.17) is 4.55 Å². The van der Waals surface area contributed by atoms with Crippen LogP contribution < -0.4 is 5.32 Å². The fourth-order valence-electron chi connectivity index (χ4n) is 2.81. The summed E-state index contributed by atoms with van der Waals surface area (Å²) in [5.41, 5.74) is -1.00. The first-order chi connectivity index (χ1) is 10.0. The Hall–Kier alpha value is -0.880. The zero-order chi connectivity index (χ0) is 17.4. The van der Waals surface area contributed by atoms with Gasteiger partial charge in [-0.05, 0) is 31.3 Å². The lowest BCUT2D eigenvalue weighted by Gasteiger charge is -2.34. The van der Waals surface area contributed by atoms with Gasteiger partial charge < -0.3 is 5.32 Å². The smallest absolute Gasteiger partial charge is 0.267 e. The van der Waals surface area contributed by atoms with Crippen LogP contribution in [0.25, 0.3) is 0 Å². The second-order valence-corrected chi connectivity index (χ2v) is 8.09. The van der Waals surface area contributed by atoms with E-state index in [1.807, 2.05) is 0 Å². The van der Waals surface area contributed by atoms with Crippen molar-refractivity contribution < 1.29 is 17.8 Å². The van der Waals surface area contributed by atoms with E-state index in [1.54, 1.807) is 6.92 Å². The number of carbonyl (C=O) groups is 1. The largest absolute Gasteiger partial charge is 0.346 e. The SMILES string of the molecule is C=CC(=O)NC(C)(CC(C)C(C)CCCCC)CS(=O)(=O)O. The molecule has 0 aliphatic rings. The molecule has 0 saturated heterocycles. The number of rotatable bonds is 11. The molecule has 0 fully saturated rings. The molecule has 0 spiro atoms. The molecule has 3 unspecified atom stereocenters. The number of hydrogen-bond donors (Lipinski definition) is 2. The summed E-state index contributed by atoms with van der Waals surface area (Å²) < 4.78 is 31.7. The molecule has 130 valence electrons. The van der Waals surface area contributed by atoms with E-state index in [-0.39, 0.29) is 5.92 Å². The van der Waals surface area contributed by atoms with Crippen LogP contribution in [0.4, 0.5) is 0 Å². The molecule has 2 N–H and O–H groups in total. The van der Waals surface area contributed by atoms with Gasteiger partial charge in [0.05, 0.1) is 11.3 Å². The molecule has 0 aliphatic carbocycles. The van der Waals surface area contributed by atoms with Crippen LogP contribution in [0.2, 0.25) is 0 Å². The molecular weight excluding hydrogens is 302 g/mol. The third-order valence-corrected chi connectivity index (χ3v) is 5.12. The van der Waals surface area contributed by atoms with Crippen LogP contribution in [0.15, 0.2) is 12.7 Å². The summed E-state index contributed by atoms with van der Waals surface area (Å²) in [6.45, 7) is 11.4. The van der Waals surface area contributed by atoms with Crippen LogP contribution in [0.3, 0.4) is 0 Å². The highest BCUT2D eigenvalue weighted by atomic mass is 32.2. The van der Waals surface area contributed by atoms with E-state index in [0.717, 1.165) is 25.3 Å². The lowest BCUT2D eigenvalue weighted by atomic mass is 9.81. The van der Waals surface area contributed by atoms with Crippen LogP contribution >= 0.6 is 0 Å². The molecular formula is C16H31NO4S. The lowest BCUT2D eigenvalue weighted by Crippen LogP contribution is -2.51. The van der Waals surface area contributed by atoms with Gasteiger partial charge in [0.1, 0.15) is 0 Å². The fraction of sp³-hybridized carbons (Fsp3) is 0.812. The third-order valence-electron chi connectivity index (χ3n) is 4.12. The Morgan fingerprint density at radius 2 is 1.91 bits per heavy atom. The van der Waals surface area contributed by atoms with Gasteiger partial charge in [0.2, 0.25) is 5.91 Å². The second-order valence-electron chi connectivity index (χ2n) is 6.63. The van der Waals surface area contributed by atoms with Crippen molar-refractivity contribution in [2.45, 2.75) is 65.3 Å². The quantitative estimate of drug-likeness (QED) is 0.345. The Bertz CT molecular complexity index is 461. The molecule has 0 aromatic carbocycles. The van der Waals surface area contributed by atoms with Crippen LogP contribution in [0, 0.1) is 11.8 Å². The maximum atomic E-state index is 11.6. The average Bonchev–Trinajstić information content (AvgIpc) is 2.35. The minimum Gasteiger partial charge on any atom is -0.346 e. The molecule has 5 nitrogen and oxygen atoms in total. The van der Waals surface area contributed by atoms with Crippen molar-refractivity contribution in [2.75, 3.05) is 5.75 Å². The fourth-order valence-corrected chi connectivity index (χ4v) is 3.80. The zero-order valence-corrected chi connectivity index (χ0v) is 15.1. The zero-order valence-electron chi connectivity index (χ0n) is 14.3. The predicted molar refractivity (Wildman–Crippen MR) is 90.2 cm³/mol. The van der Waals surface area contributed by atoms with Crippen molar-refractivity contribution >= 4 is 16.0 Å². The van der Waals surface area contributed by atoms with E-state index in [0.29, 0.717) is 12.3 Å². The summed E-state index contributed by atoms with van der Waals surface area (Å²) in [7, 11) is -4.18. The maximum Gasteiger partial charge on any atom is 0.267 e. The van der Waals surface area contributed by atoms with Crippen molar-refractivity contribution in [3.05, 3.63) is 12.7 Å². The van der Waals surface area contributed by atoms with Crippen molar-refractivity contribution in [1.82, 2.24) is 5.32 Å². The molecule has 6 heteroatoms. The first-order valence-electron chi connectivity index (χ1n) is 7.92. The summed E-state index contributed by atoms with van der Waals surface area (Å²) in [5, 5.41) is 2.66. The number of nitrogens with one attached hydrogen (secondary N) is 1. The average molecular weight is 333 g/mol. The monoisotopic (exact) mass is 333 g/mol. The van der Waals surface area contributed by atoms with Crippen LogP contribution in [0.5, 0.6) is 0 Å². The van der Waals surface area contributed by atoms with Gasteiger partial charge in [-0.15, -0.1) is 0 Å². The van der Waals surface area contributed by atoms with Crippen molar-refractivity contribution in [3.8, 4) is 0 Å². The highest BCUT2D eigenvalue weighted by Crippen LogP contribution is 2.27. The molecule has 3 atom stereocenters. The Morgan fingerprint density at radius 3 is 2.36 bits per heavy atom. The van der Waals surface area contributed by atoms with Crippen molar-refractivity contribution in [3.63, 3.8) is 0 Å². The predicted octanol–water partition coefficient (Wildman–Crippen LogP) is 3.18. The topological polar surface area (TPSA) is 83.5 Å². The van der Waals surface area contributed by atoms with E-state index < -0.39 is 27.3 Å². The highest BCUT2D eigenvalue weighted by Gasteiger charge is 2.34. The van der Waals surface area contributed by atoms with Crippen molar-refractivity contribution in [1.29, 1.82) is 0 Å². The van der Waals surface area contributed by atoms with Crippen molar-refractivity contribution in [2.24, 2.45) is 11.8 Å². The molecule has 0 radical (unpaired) electrons. The van der Waals surface area contributed by atoms with Crippen LogP contribution in [-0.4, -0.2) is 30.2 Å². The lowest BCUT2D eigenvalue weighted by molar-refractivity contribution is -0.118. The standard InChI is InChI=1S/C16H31NO4S/c1-6-8-9-10-13(3)14(4)11-16(5,12-22(19,20)21)17-15(18)7-2/h7,13-14H,2,6,8-12H2,1,3-5H3,(H,17,18)(H,19,20,21). The molecule has 0 heterocycles. The minimum atomic E-state index is -4.18. The molecule has 22 heavy (non-hydrogen) atoms. The van der Waals surface area contributed by atoms with Gasteiger partial charge in [-0.2, -0.15) is 8.42 Å². The van der Waals surface area contributed by atoms with Gasteiger partial charge in [0.25, 0.3) is 10.1 Å². The van der Waals surface area contributed by atoms with Crippen LogP contribution in [0.1, 0.15) is 59.8 Å². The highest BCUT2D eigenvalue weighted by molar-refractivity contribution is 7.85. The van der Waals surface area contributed by atoms with E-state index >= 15 is 0 Å². The Morgan fingerprint density at radius 1 is 1.32 bits per heavy atom. The van der Waals surface area contributed by atoms with Gasteiger partial charge >= 0.3 is 0 Å². The van der Waals surface area contributed by atoms with Gasteiger partial charge in [0.15, 0.2) is 0 Å². The minimum absolute atomic E-state index is 0.230. The summed E-state index contributed by atoms with van der Waals surface area (Å²) in [6.07, 6.45) is 6.17. The molecule has 1 amide bonds. The summed E-state index contributed by atoms with van der Waals surface area (Å²) in [5.74, 6) is -0.274. The van der Waals surface area contributed by atoms with Gasteiger partial charge in [0, 0.05) is 0 Å². The number of hydrogen-bond acceptors (Lipinski definition) is 3. The number of amides is 1. The molecule has 0 aromatic rings. The summed E-state index contributed by atoms with van der Waals surface area (Å²) in [4.78, 5) is 11.6. The maximum absolute atomic E-state index is 11.6. The van der Waals surface area contributed by atoms with Gasteiger partial charge in [-0.25, -0.2) is 0 Å². The van der Waals surface area contributed by atoms with E-state index in [1.165, 1.54) is 6.42 Å². The first-order valence-corrected chi connectivity index (χ1v) is 9.53. The normalized spacial score (nSPS) is 17.3. The molecule has 0 bridgehead atoms. The third kappa shape index (κ3) is 9.20. The second kappa shape index (κ2) is 9.30. The van der Waals surface area contributed by atoms with Crippen LogP contribution in [-0.2, 0) is 14.9 Å².